The lowest BCUT2D eigenvalue weighted by Crippen LogP contribution is -2.41. The number of carbonyl (C=O) groups excluding carboxylic acids is 1. The number of nitrogens with zero attached hydrogens (tertiary/aromatic N) is 4. The first-order valence-electron chi connectivity index (χ1n) is 11.2. The minimum absolute atomic E-state index is 0.0202. The number of fused-ring (bicyclic) bond motifs is 1. The van der Waals surface area contributed by atoms with Crippen LogP contribution < -0.4 is 15.5 Å². The number of hydrogen-bond acceptors (Lipinski definition) is 10. The summed E-state index contributed by atoms with van der Waals surface area (Å²) in [4.78, 5) is 28.0. The number of benzene rings is 1. The third-order valence-corrected chi connectivity index (χ3v) is 5.79. The second-order valence-electron chi connectivity index (χ2n) is 8.44. The van der Waals surface area contributed by atoms with Gasteiger partial charge in [0.05, 0.1) is 38.0 Å². The van der Waals surface area contributed by atoms with Gasteiger partial charge in [-0.25, -0.2) is 4.98 Å². The van der Waals surface area contributed by atoms with E-state index in [1.54, 1.807) is 31.5 Å². The van der Waals surface area contributed by atoms with E-state index in [4.69, 9.17) is 9.47 Å². The fourth-order valence-electron chi connectivity index (χ4n) is 3.65. The van der Waals surface area contributed by atoms with Crippen LogP contribution in [-0.2, 0) is 15.9 Å². The number of aromatic nitrogens is 2. The van der Waals surface area contributed by atoms with Gasteiger partial charge in [0, 0.05) is 39.5 Å². The number of likely N-dealkylation sites (N-methyl/N-ethyl adjacent to an activating group) is 1. The molecule has 1 aromatic heterocycles. The van der Waals surface area contributed by atoms with Crippen LogP contribution in [0.2, 0.25) is 0 Å². The Balaban J connectivity index is 1.41. The summed E-state index contributed by atoms with van der Waals surface area (Å²) in [5.74, 6) is 0.683. The van der Waals surface area contributed by atoms with Gasteiger partial charge in [-0.1, -0.05) is 6.07 Å². The van der Waals surface area contributed by atoms with E-state index in [-0.39, 0.29) is 24.0 Å². The molecule has 0 radical (unpaired) electrons. The molecule has 1 fully saturated rings. The topological polar surface area (TPSA) is 141 Å². The van der Waals surface area contributed by atoms with Crippen LogP contribution in [0.5, 0.6) is 5.75 Å². The number of hydrogen-bond donors (Lipinski definition) is 4. The van der Waals surface area contributed by atoms with Gasteiger partial charge in [-0.2, -0.15) is 4.98 Å². The minimum atomic E-state index is -0.877. The number of methoxy groups -OCH3 is 1. The highest BCUT2D eigenvalue weighted by Gasteiger charge is 2.25. The molecule has 4 N–H and O–H groups in total. The first-order valence-corrected chi connectivity index (χ1v) is 11.2. The average Bonchev–Trinajstić information content (AvgIpc) is 2.82. The summed E-state index contributed by atoms with van der Waals surface area (Å²) in [5, 5.41) is 26.3. The number of anilines is 2. The number of amides is 1. The van der Waals surface area contributed by atoms with Crippen molar-refractivity contribution in [3.05, 3.63) is 41.1 Å². The molecule has 2 aliphatic heterocycles. The number of phenols is 1. The molecule has 2 aliphatic rings. The monoisotopic (exact) mass is 470 g/mol. The number of ether oxygens (including phenoxy) is 2. The van der Waals surface area contributed by atoms with E-state index in [0.29, 0.717) is 44.6 Å². The highest BCUT2D eigenvalue weighted by molar-refractivity contribution is 5.93. The SMILES string of the molecule is COCCN(C)c1nc(NC2COC2)cc(C(=O)NC[C@@H](O)C2Cc3ccc(O)cc3C=N2)n1. The van der Waals surface area contributed by atoms with Gasteiger partial charge in [-0.05, 0) is 29.7 Å². The number of aliphatic hydroxyl groups excluding tert-OH is 1. The normalized spacial score (nSPS) is 18.0. The van der Waals surface area contributed by atoms with Gasteiger partial charge in [0.25, 0.3) is 5.91 Å². The number of aromatic hydroxyl groups is 1. The molecule has 4 rings (SSSR count). The summed E-state index contributed by atoms with van der Waals surface area (Å²) in [6.45, 7) is 2.23. The highest BCUT2D eigenvalue weighted by atomic mass is 16.5. The third-order valence-electron chi connectivity index (χ3n) is 5.79. The molecule has 0 spiro atoms. The number of aliphatic imine (C=N–C) groups is 1. The number of rotatable bonds is 10. The van der Waals surface area contributed by atoms with Gasteiger partial charge in [0.2, 0.25) is 5.95 Å². The quantitative estimate of drug-likeness (QED) is 0.383. The molecule has 0 bridgehead atoms. The molecule has 1 saturated heterocycles. The fourth-order valence-corrected chi connectivity index (χ4v) is 3.65. The minimum Gasteiger partial charge on any atom is -0.508 e. The molecule has 3 heterocycles. The third kappa shape index (κ3) is 5.79. The van der Waals surface area contributed by atoms with E-state index < -0.39 is 18.1 Å². The van der Waals surface area contributed by atoms with E-state index in [0.717, 1.165) is 11.1 Å². The largest absolute Gasteiger partial charge is 0.508 e. The van der Waals surface area contributed by atoms with Crippen LogP contribution in [-0.4, -0.2) is 97.6 Å². The number of aliphatic hydroxyl groups is 1. The maximum Gasteiger partial charge on any atom is 0.270 e. The van der Waals surface area contributed by atoms with E-state index in [1.165, 1.54) is 0 Å². The molecule has 1 aromatic carbocycles. The average molecular weight is 471 g/mol. The Morgan fingerprint density at radius 1 is 1.32 bits per heavy atom. The Morgan fingerprint density at radius 2 is 2.15 bits per heavy atom. The van der Waals surface area contributed by atoms with Crippen molar-refractivity contribution in [2.75, 3.05) is 57.3 Å². The van der Waals surface area contributed by atoms with Crippen molar-refractivity contribution >= 4 is 23.9 Å². The van der Waals surface area contributed by atoms with Gasteiger partial charge in [-0.3, -0.25) is 9.79 Å². The number of phenolic OH excluding ortho intramolecular Hbond substituents is 1. The van der Waals surface area contributed by atoms with Crippen molar-refractivity contribution in [3.63, 3.8) is 0 Å². The van der Waals surface area contributed by atoms with Crippen LogP contribution in [0.4, 0.5) is 11.8 Å². The molecular weight excluding hydrogens is 440 g/mol. The van der Waals surface area contributed by atoms with Gasteiger partial charge < -0.3 is 35.2 Å². The second-order valence-corrected chi connectivity index (χ2v) is 8.44. The van der Waals surface area contributed by atoms with E-state index in [9.17, 15) is 15.0 Å². The second kappa shape index (κ2) is 10.8. The molecule has 34 heavy (non-hydrogen) atoms. The Labute approximate surface area is 197 Å². The molecule has 1 unspecified atom stereocenters. The van der Waals surface area contributed by atoms with Gasteiger partial charge in [-0.15, -0.1) is 0 Å². The standard InChI is InChI=1S/C23H30N6O5/c1-29(5-6-33-2)23-27-19(9-21(28-23)26-16-12-34-13-16)22(32)25-11-20(31)18-8-14-3-4-17(30)7-15(14)10-24-18/h3-4,7,9-10,16,18,20,30-31H,5-6,8,11-13H2,1-2H3,(H,25,32)(H,26,27,28)/t18?,20-/m1/s1. The highest BCUT2D eigenvalue weighted by Crippen LogP contribution is 2.22. The van der Waals surface area contributed by atoms with Crippen LogP contribution in [0, 0.1) is 0 Å². The van der Waals surface area contributed by atoms with Gasteiger partial charge in [0.15, 0.2) is 0 Å². The van der Waals surface area contributed by atoms with Crippen LogP contribution in [0.25, 0.3) is 0 Å². The van der Waals surface area contributed by atoms with Gasteiger partial charge >= 0.3 is 0 Å². The maximum absolute atomic E-state index is 12.9. The Morgan fingerprint density at radius 3 is 2.88 bits per heavy atom. The van der Waals surface area contributed by atoms with Crippen molar-refractivity contribution in [2.24, 2.45) is 4.99 Å². The zero-order valence-corrected chi connectivity index (χ0v) is 19.3. The number of nitrogens with one attached hydrogen (secondary N) is 2. The fraction of sp³-hybridized carbons (Fsp3) is 0.478. The smallest absolute Gasteiger partial charge is 0.270 e. The molecule has 2 atom stereocenters. The van der Waals surface area contributed by atoms with Gasteiger partial charge in [0.1, 0.15) is 17.3 Å². The molecule has 2 aromatic rings. The Kier molecular flexibility index (Phi) is 7.56. The van der Waals surface area contributed by atoms with Crippen molar-refractivity contribution in [1.29, 1.82) is 0 Å². The maximum atomic E-state index is 12.9. The predicted octanol–water partition coefficient (Wildman–Crippen LogP) is 0.210. The van der Waals surface area contributed by atoms with E-state index in [2.05, 4.69) is 25.6 Å². The lowest BCUT2D eigenvalue weighted by molar-refractivity contribution is 0.0209. The lowest BCUT2D eigenvalue weighted by Gasteiger charge is -2.28. The van der Waals surface area contributed by atoms with Crippen molar-refractivity contribution in [2.45, 2.75) is 24.6 Å². The molecule has 1 amide bonds. The molecule has 11 nitrogen and oxygen atoms in total. The first-order chi connectivity index (χ1) is 16.4. The zero-order valence-electron chi connectivity index (χ0n) is 19.3. The summed E-state index contributed by atoms with van der Waals surface area (Å²) in [6.07, 6.45) is 1.28. The molecule has 0 saturated carbocycles. The summed E-state index contributed by atoms with van der Waals surface area (Å²) < 4.78 is 10.3. The van der Waals surface area contributed by atoms with E-state index >= 15 is 0 Å². The summed E-state index contributed by atoms with van der Waals surface area (Å²) in [7, 11) is 3.45. The summed E-state index contributed by atoms with van der Waals surface area (Å²) in [6, 6.07) is 6.41. The first kappa shape index (κ1) is 23.9. The van der Waals surface area contributed by atoms with Crippen molar-refractivity contribution in [1.82, 2.24) is 15.3 Å². The van der Waals surface area contributed by atoms with Crippen LogP contribution in [0.15, 0.2) is 29.3 Å². The predicted molar refractivity (Wildman–Crippen MR) is 127 cm³/mol. The van der Waals surface area contributed by atoms with Crippen molar-refractivity contribution < 1.29 is 24.5 Å². The Bertz CT molecular complexity index is 1040. The molecule has 11 heteroatoms. The number of carbonyl (C=O) groups is 1. The lowest BCUT2D eigenvalue weighted by atomic mass is 9.95. The Hall–Kier alpha value is -3.28. The van der Waals surface area contributed by atoms with Crippen LogP contribution >= 0.6 is 0 Å². The molecular formula is C23H30N6O5. The summed E-state index contributed by atoms with van der Waals surface area (Å²) >= 11 is 0. The van der Waals surface area contributed by atoms with Crippen LogP contribution in [0.3, 0.4) is 0 Å². The van der Waals surface area contributed by atoms with Crippen molar-refractivity contribution in [3.8, 4) is 5.75 Å². The van der Waals surface area contributed by atoms with Crippen LogP contribution in [0.1, 0.15) is 21.6 Å². The van der Waals surface area contributed by atoms with E-state index in [1.807, 2.05) is 18.0 Å². The summed E-state index contributed by atoms with van der Waals surface area (Å²) in [5.41, 5.74) is 2.01. The molecule has 0 aliphatic carbocycles. The zero-order chi connectivity index (χ0) is 24.1. The molecule has 182 valence electrons.